The van der Waals surface area contributed by atoms with E-state index in [9.17, 15) is 9.90 Å². The van der Waals surface area contributed by atoms with Gasteiger partial charge in [0.2, 0.25) is 0 Å². The number of phenolic OH excluding ortho intramolecular Hbond substituents is 1. The minimum Gasteiger partial charge on any atom is -0.507 e. The zero-order valence-electron chi connectivity index (χ0n) is 11.8. The lowest BCUT2D eigenvalue weighted by Gasteiger charge is -2.31. The van der Waals surface area contributed by atoms with E-state index in [0.29, 0.717) is 12.3 Å². The van der Waals surface area contributed by atoms with Crippen molar-refractivity contribution in [3.05, 3.63) is 23.8 Å². The van der Waals surface area contributed by atoms with Crippen molar-refractivity contribution >= 4 is 11.7 Å². The van der Waals surface area contributed by atoms with Gasteiger partial charge in [-0.25, -0.2) is 4.79 Å². The number of nitrogen functional groups attached to an aromatic ring is 1. The first-order chi connectivity index (χ1) is 8.91. The molecule has 0 radical (unpaired) electrons. The molecule has 19 heavy (non-hydrogen) atoms. The van der Waals surface area contributed by atoms with Crippen LogP contribution in [0, 0.1) is 0 Å². The van der Waals surface area contributed by atoms with Gasteiger partial charge in [0.05, 0.1) is 20.1 Å². The summed E-state index contributed by atoms with van der Waals surface area (Å²) >= 11 is 0. The van der Waals surface area contributed by atoms with Gasteiger partial charge in [0.25, 0.3) is 0 Å². The highest BCUT2D eigenvalue weighted by molar-refractivity contribution is 5.92. The molecule has 0 saturated carbocycles. The first-order valence-electron chi connectivity index (χ1n) is 6.51. The van der Waals surface area contributed by atoms with Crippen molar-refractivity contribution in [3.63, 3.8) is 0 Å². The average Bonchev–Trinajstić information content (AvgIpc) is 2.38. The molecule has 0 amide bonds. The van der Waals surface area contributed by atoms with Crippen molar-refractivity contribution in [2.24, 2.45) is 0 Å². The van der Waals surface area contributed by atoms with Gasteiger partial charge in [0.1, 0.15) is 24.5 Å². The fraction of sp³-hybridized carbons (Fsp3) is 0.500. The van der Waals surface area contributed by atoms with Gasteiger partial charge < -0.3 is 20.1 Å². The lowest BCUT2D eigenvalue weighted by molar-refractivity contribution is -0.906. The number of carbonyl (C=O) groups excluding carboxylic acids is 1. The molecule has 0 bridgehead atoms. The third kappa shape index (κ3) is 4.13. The smallest absolute Gasteiger partial charge is 0.342 e. The predicted molar refractivity (Wildman–Crippen MR) is 74.9 cm³/mol. The zero-order chi connectivity index (χ0) is 14.5. The number of anilines is 1. The maximum absolute atomic E-state index is 11.8. The quantitative estimate of drug-likeness (QED) is 0.466. The number of esters is 1. The topological polar surface area (TPSA) is 72.5 Å². The Morgan fingerprint density at radius 3 is 2.53 bits per heavy atom. The van der Waals surface area contributed by atoms with Crippen LogP contribution in [-0.4, -0.2) is 48.8 Å². The molecule has 0 saturated heterocycles. The molecule has 0 atom stereocenters. The van der Waals surface area contributed by atoms with Crippen molar-refractivity contribution in [1.82, 2.24) is 0 Å². The molecule has 5 nitrogen and oxygen atoms in total. The minimum atomic E-state index is -0.517. The fourth-order valence-electron chi connectivity index (χ4n) is 1.70. The molecule has 0 spiro atoms. The number of likely N-dealkylation sites (N-methyl/N-ethyl adjacent to an activating group) is 1. The van der Waals surface area contributed by atoms with E-state index in [4.69, 9.17) is 10.5 Å². The van der Waals surface area contributed by atoms with Crippen LogP contribution in [0.3, 0.4) is 0 Å². The van der Waals surface area contributed by atoms with E-state index in [0.717, 1.165) is 24.1 Å². The van der Waals surface area contributed by atoms with Crippen molar-refractivity contribution < 1.29 is 19.1 Å². The molecule has 106 valence electrons. The summed E-state index contributed by atoms with van der Waals surface area (Å²) < 4.78 is 6.04. The van der Waals surface area contributed by atoms with Gasteiger partial charge >= 0.3 is 5.97 Å². The maximum atomic E-state index is 11.8. The second-order valence-corrected chi connectivity index (χ2v) is 4.89. The summed E-state index contributed by atoms with van der Waals surface area (Å²) in [5.74, 6) is -0.663. The molecule has 0 aliphatic rings. The first-order valence-corrected chi connectivity index (χ1v) is 6.51. The van der Waals surface area contributed by atoms with Crippen molar-refractivity contribution in [3.8, 4) is 5.75 Å². The highest BCUT2D eigenvalue weighted by atomic mass is 16.5. The van der Waals surface area contributed by atoms with E-state index >= 15 is 0 Å². The van der Waals surface area contributed by atoms with Crippen molar-refractivity contribution in [1.29, 1.82) is 0 Å². The molecule has 0 heterocycles. The number of aromatic hydroxyl groups is 1. The van der Waals surface area contributed by atoms with E-state index in [1.807, 2.05) is 0 Å². The van der Waals surface area contributed by atoms with E-state index < -0.39 is 5.97 Å². The van der Waals surface area contributed by atoms with E-state index in [1.165, 1.54) is 12.1 Å². The van der Waals surface area contributed by atoms with Gasteiger partial charge in [-0.3, -0.25) is 0 Å². The maximum Gasteiger partial charge on any atom is 0.342 e. The van der Waals surface area contributed by atoms with Gasteiger partial charge in [-0.1, -0.05) is 0 Å². The molecule has 1 rings (SSSR count). The van der Waals surface area contributed by atoms with Gasteiger partial charge in [0.15, 0.2) is 0 Å². The Labute approximate surface area is 114 Å². The van der Waals surface area contributed by atoms with Crippen LogP contribution in [0.1, 0.15) is 24.2 Å². The van der Waals surface area contributed by atoms with Crippen LogP contribution in [0.2, 0.25) is 0 Å². The molecule has 5 heteroatoms. The van der Waals surface area contributed by atoms with E-state index in [1.54, 1.807) is 6.07 Å². The number of quaternary nitrogens is 1. The lowest BCUT2D eigenvalue weighted by Crippen LogP contribution is -2.46. The molecule has 0 aliphatic heterocycles. The molecular formula is C14H23N2O3+. The monoisotopic (exact) mass is 267 g/mol. The largest absolute Gasteiger partial charge is 0.507 e. The second-order valence-electron chi connectivity index (χ2n) is 4.89. The lowest BCUT2D eigenvalue weighted by atomic mass is 10.2. The summed E-state index contributed by atoms with van der Waals surface area (Å²) in [6.07, 6.45) is 0. The van der Waals surface area contributed by atoms with Gasteiger partial charge in [0, 0.05) is 11.8 Å². The summed E-state index contributed by atoms with van der Waals surface area (Å²) in [5, 5.41) is 9.63. The summed E-state index contributed by atoms with van der Waals surface area (Å²) in [6, 6.07) is 4.38. The minimum absolute atomic E-state index is 0.145. The highest BCUT2D eigenvalue weighted by Gasteiger charge is 2.18. The Morgan fingerprint density at radius 1 is 1.37 bits per heavy atom. The Balaban J connectivity index is 2.56. The molecular weight excluding hydrogens is 244 g/mol. The number of rotatable bonds is 6. The van der Waals surface area contributed by atoms with Gasteiger partial charge in [-0.2, -0.15) is 0 Å². The molecule has 1 aromatic rings. The van der Waals surface area contributed by atoms with Crippen LogP contribution >= 0.6 is 0 Å². The van der Waals surface area contributed by atoms with Crippen molar-refractivity contribution in [2.75, 3.05) is 39.0 Å². The molecule has 0 unspecified atom stereocenters. The van der Waals surface area contributed by atoms with Crippen LogP contribution in [-0.2, 0) is 4.74 Å². The Bertz CT molecular complexity index is 442. The number of nitrogens with two attached hydrogens (primary N) is 1. The van der Waals surface area contributed by atoms with Crippen LogP contribution in [0.4, 0.5) is 5.69 Å². The molecule has 0 fully saturated rings. The average molecular weight is 267 g/mol. The van der Waals surface area contributed by atoms with E-state index in [2.05, 4.69) is 20.9 Å². The standard InChI is InChI=1S/C14H22N2O3/c1-4-16(3,5-2)8-9-19-14(18)12-7-6-11(15)10-13(12)17/h6-7,10H,4-5,8-9H2,1-3H3,(H2-,15,17,18)/p+1. The molecule has 1 aromatic carbocycles. The van der Waals surface area contributed by atoms with Crippen LogP contribution in [0.25, 0.3) is 0 Å². The van der Waals surface area contributed by atoms with Gasteiger partial charge in [-0.15, -0.1) is 0 Å². The van der Waals surface area contributed by atoms with E-state index in [-0.39, 0.29) is 11.3 Å². The van der Waals surface area contributed by atoms with Crippen LogP contribution in [0.5, 0.6) is 5.75 Å². The number of phenols is 1. The second kappa shape index (κ2) is 6.43. The molecule has 0 aromatic heterocycles. The summed E-state index contributed by atoms with van der Waals surface area (Å²) in [7, 11) is 2.12. The SMILES string of the molecule is CC[N+](C)(CC)CCOC(=O)c1ccc(N)cc1O. The number of hydrogen-bond acceptors (Lipinski definition) is 4. The van der Waals surface area contributed by atoms with Crippen LogP contribution in [0.15, 0.2) is 18.2 Å². The molecule has 0 aliphatic carbocycles. The van der Waals surface area contributed by atoms with Gasteiger partial charge in [-0.05, 0) is 26.0 Å². The zero-order valence-corrected chi connectivity index (χ0v) is 11.8. The first kappa shape index (κ1) is 15.3. The van der Waals surface area contributed by atoms with Crippen molar-refractivity contribution in [2.45, 2.75) is 13.8 Å². The Morgan fingerprint density at radius 2 is 2.00 bits per heavy atom. The predicted octanol–water partition coefficient (Wildman–Crippen LogP) is 1.62. The number of carbonyl (C=O) groups is 1. The Hall–Kier alpha value is -1.75. The normalized spacial score (nSPS) is 11.3. The third-order valence-corrected chi connectivity index (χ3v) is 3.63. The van der Waals surface area contributed by atoms with Crippen LogP contribution < -0.4 is 5.73 Å². The summed E-state index contributed by atoms with van der Waals surface area (Å²) in [4.78, 5) is 11.8. The number of nitrogens with zero attached hydrogens (tertiary/aromatic N) is 1. The fourth-order valence-corrected chi connectivity index (χ4v) is 1.70. The number of ether oxygens (including phenoxy) is 1. The molecule has 3 N–H and O–H groups in total. The third-order valence-electron chi connectivity index (χ3n) is 3.63. The number of hydrogen-bond donors (Lipinski definition) is 2. The summed E-state index contributed by atoms with van der Waals surface area (Å²) in [5.41, 5.74) is 6.07. The summed E-state index contributed by atoms with van der Waals surface area (Å²) in [6.45, 7) is 7.28. The Kier molecular flexibility index (Phi) is 5.18. The highest BCUT2D eigenvalue weighted by Crippen LogP contribution is 2.20. The number of benzene rings is 1.